The van der Waals surface area contributed by atoms with Gasteiger partial charge in [0.25, 0.3) is 0 Å². The van der Waals surface area contributed by atoms with Crippen LogP contribution in [0.15, 0.2) is 46.9 Å². The molecule has 2 atom stereocenters. The van der Waals surface area contributed by atoms with Crippen LogP contribution in [0.2, 0.25) is 0 Å². The number of hydrogen-bond acceptors (Lipinski definition) is 8. The molecule has 8 heteroatoms. The molecule has 8 nitrogen and oxygen atoms in total. The van der Waals surface area contributed by atoms with Crippen molar-refractivity contribution in [3.63, 3.8) is 0 Å². The molecule has 0 saturated carbocycles. The third-order valence-electron chi connectivity index (χ3n) is 10.5. The number of likely N-dealkylation sites (tertiary alicyclic amines) is 4. The van der Waals surface area contributed by atoms with Gasteiger partial charge in [-0.3, -0.25) is 9.80 Å². The molecule has 5 heterocycles. The highest BCUT2D eigenvalue weighted by molar-refractivity contribution is 5.77. The Labute approximate surface area is 269 Å². The van der Waals surface area contributed by atoms with Gasteiger partial charge >= 0.3 is 0 Å². The van der Waals surface area contributed by atoms with Crippen LogP contribution in [-0.2, 0) is 0 Å². The number of fused-ring (bicyclic) bond motifs is 1. The van der Waals surface area contributed by atoms with Crippen LogP contribution in [0.5, 0.6) is 11.5 Å². The fourth-order valence-corrected chi connectivity index (χ4v) is 8.05. The van der Waals surface area contributed by atoms with E-state index in [9.17, 15) is 0 Å². The Morgan fingerprint density at radius 1 is 0.644 bits per heavy atom. The molecule has 0 aliphatic carbocycles. The third kappa shape index (κ3) is 8.20. The lowest BCUT2D eigenvalue weighted by molar-refractivity contribution is 0.178. The number of benzene rings is 2. The Morgan fingerprint density at radius 3 is 1.80 bits per heavy atom. The van der Waals surface area contributed by atoms with Crippen molar-refractivity contribution in [3.05, 3.63) is 42.5 Å². The standard InChI is InChI=1S/C37H53N5O3/c1-2-18-39(17-1)28-31-9-5-21-41(31)23-7-25-43-33-13-11-30(12-14-33)37-38-35-16-15-34(27-36(35)45-37)44-26-8-24-42-22-6-10-32(42)29-40-19-3-4-20-40/h11-16,27,31-32H,1-10,17-26,28-29H2. The summed E-state index contributed by atoms with van der Waals surface area (Å²) in [6.45, 7) is 13.8. The van der Waals surface area contributed by atoms with Crippen LogP contribution in [0.3, 0.4) is 0 Å². The Kier molecular flexibility index (Phi) is 10.5. The van der Waals surface area contributed by atoms with E-state index in [1.54, 1.807) is 0 Å². The zero-order valence-corrected chi connectivity index (χ0v) is 27.2. The minimum atomic E-state index is 0.629. The summed E-state index contributed by atoms with van der Waals surface area (Å²) in [5, 5.41) is 0. The predicted octanol–water partition coefficient (Wildman–Crippen LogP) is 6.15. The largest absolute Gasteiger partial charge is 0.494 e. The SMILES string of the molecule is c1cc(-c2nc3ccc(OCCCN4CCCC4CN4CCCC4)cc3o2)ccc1OCCCN1CCCC1CN1CCCC1. The molecule has 1 aromatic heterocycles. The van der Waals surface area contributed by atoms with Crippen LogP contribution >= 0.6 is 0 Å². The highest BCUT2D eigenvalue weighted by Gasteiger charge is 2.28. The average molecular weight is 616 g/mol. The first kappa shape index (κ1) is 31.0. The molecular formula is C37H53N5O3. The second-order valence-electron chi connectivity index (χ2n) is 13.8. The van der Waals surface area contributed by atoms with Gasteiger partial charge in [-0.15, -0.1) is 0 Å². The topological polar surface area (TPSA) is 57.5 Å². The molecule has 2 aromatic carbocycles. The average Bonchev–Trinajstić information content (AvgIpc) is 3.91. The summed E-state index contributed by atoms with van der Waals surface area (Å²) in [6, 6.07) is 15.6. The molecule has 7 rings (SSSR count). The molecule has 0 N–H and O–H groups in total. The molecule has 0 amide bonds. The van der Waals surface area contributed by atoms with Crippen molar-refractivity contribution in [1.29, 1.82) is 0 Å². The number of aromatic nitrogens is 1. The van der Waals surface area contributed by atoms with E-state index in [1.165, 1.54) is 104 Å². The molecule has 0 radical (unpaired) electrons. The smallest absolute Gasteiger partial charge is 0.227 e. The van der Waals surface area contributed by atoms with Gasteiger partial charge in [-0.1, -0.05) is 0 Å². The summed E-state index contributed by atoms with van der Waals surface area (Å²) in [6.07, 6.45) is 13.0. The molecule has 4 fully saturated rings. The van der Waals surface area contributed by atoms with E-state index in [4.69, 9.17) is 18.9 Å². The highest BCUT2D eigenvalue weighted by Crippen LogP contribution is 2.29. The second kappa shape index (κ2) is 15.3. The number of hydrogen-bond donors (Lipinski definition) is 0. The Hall–Kier alpha value is -2.65. The van der Waals surface area contributed by atoms with E-state index in [-0.39, 0.29) is 0 Å². The second-order valence-corrected chi connectivity index (χ2v) is 13.8. The molecule has 4 aliphatic rings. The van der Waals surface area contributed by atoms with Crippen LogP contribution in [-0.4, -0.2) is 115 Å². The van der Waals surface area contributed by atoms with E-state index >= 15 is 0 Å². The molecule has 3 aromatic rings. The Balaban J connectivity index is 0.838. The zero-order valence-electron chi connectivity index (χ0n) is 27.2. The fourth-order valence-electron chi connectivity index (χ4n) is 8.05. The maximum atomic E-state index is 6.16. The highest BCUT2D eigenvalue weighted by atomic mass is 16.5. The molecule has 4 saturated heterocycles. The first-order valence-electron chi connectivity index (χ1n) is 18.0. The molecule has 0 bridgehead atoms. The van der Waals surface area contributed by atoms with Crippen molar-refractivity contribution in [2.45, 2.75) is 76.3 Å². The zero-order chi connectivity index (χ0) is 30.3. The van der Waals surface area contributed by atoms with Crippen LogP contribution < -0.4 is 9.47 Å². The number of rotatable bonds is 15. The van der Waals surface area contributed by atoms with Crippen molar-refractivity contribution >= 4 is 11.1 Å². The van der Waals surface area contributed by atoms with Crippen molar-refractivity contribution in [2.24, 2.45) is 0 Å². The maximum absolute atomic E-state index is 6.16. The number of ether oxygens (including phenoxy) is 2. The Bertz CT molecular complexity index is 1330. The van der Waals surface area contributed by atoms with Gasteiger partial charge in [0.1, 0.15) is 17.0 Å². The molecule has 2 unspecified atom stereocenters. The lowest BCUT2D eigenvalue weighted by Gasteiger charge is -2.28. The summed E-state index contributed by atoms with van der Waals surface area (Å²) in [4.78, 5) is 15.4. The molecule has 45 heavy (non-hydrogen) atoms. The maximum Gasteiger partial charge on any atom is 0.227 e. The molecule has 0 spiro atoms. The van der Waals surface area contributed by atoms with Crippen molar-refractivity contribution in [2.75, 3.05) is 78.7 Å². The number of oxazole rings is 1. The van der Waals surface area contributed by atoms with Gasteiger partial charge in [-0.05, 0) is 140 Å². The Morgan fingerprint density at radius 2 is 1.20 bits per heavy atom. The van der Waals surface area contributed by atoms with E-state index < -0.39 is 0 Å². The van der Waals surface area contributed by atoms with E-state index in [0.717, 1.165) is 79.4 Å². The monoisotopic (exact) mass is 615 g/mol. The van der Waals surface area contributed by atoms with Gasteiger partial charge in [0, 0.05) is 49.9 Å². The molecule has 4 aliphatic heterocycles. The van der Waals surface area contributed by atoms with Gasteiger partial charge in [0.05, 0.1) is 13.2 Å². The quantitative estimate of drug-likeness (QED) is 0.189. The first-order chi connectivity index (χ1) is 22.3. The normalized spacial score (nSPS) is 23.6. The van der Waals surface area contributed by atoms with Crippen molar-refractivity contribution in [3.8, 4) is 23.0 Å². The summed E-state index contributed by atoms with van der Waals surface area (Å²) < 4.78 is 18.4. The summed E-state index contributed by atoms with van der Waals surface area (Å²) >= 11 is 0. The van der Waals surface area contributed by atoms with Crippen molar-refractivity contribution in [1.82, 2.24) is 24.6 Å². The van der Waals surface area contributed by atoms with Crippen LogP contribution in [0, 0.1) is 0 Å². The summed E-state index contributed by atoms with van der Waals surface area (Å²) in [5.74, 6) is 2.38. The fraction of sp³-hybridized carbons (Fsp3) is 0.649. The van der Waals surface area contributed by atoms with Crippen molar-refractivity contribution < 1.29 is 13.9 Å². The van der Waals surface area contributed by atoms with E-state index in [1.807, 2.05) is 42.5 Å². The molecular weight excluding hydrogens is 562 g/mol. The lowest BCUT2D eigenvalue weighted by atomic mass is 10.2. The lowest BCUT2D eigenvalue weighted by Crippen LogP contribution is -2.40. The van der Waals surface area contributed by atoms with E-state index in [2.05, 4.69) is 19.6 Å². The predicted molar refractivity (Wildman–Crippen MR) is 180 cm³/mol. The summed E-state index contributed by atoms with van der Waals surface area (Å²) in [5.41, 5.74) is 2.57. The van der Waals surface area contributed by atoms with Gasteiger partial charge in [-0.2, -0.15) is 0 Å². The first-order valence-corrected chi connectivity index (χ1v) is 18.0. The van der Waals surface area contributed by atoms with Crippen LogP contribution in [0.25, 0.3) is 22.6 Å². The number of nitrogens with zero attached hydrogens (tertiary/aromatic N) is 5. The van der Waals surface area contributed by atoms with Gasteiger partial charge in [-0.25, -0.2) is 4.98 Å². The van der Waals surface area contributed by atoms with E-state index in [0.29, 0.717) is 5.89 Å². The third-order valence-corrected chi connectivity index (χ3v) is 10.5. The minimum absolute atomic E-state index is 0.629. The van der Waals surface area contributed by atoms with Gasteiger partial charge in [0.15, 0.2) is 5.58 Å². The van der Waals surface area contributed by atoms with Gasteiger partial charge < -0.3 is 23.7 Å². The summed E-state index contributed by atoms with van der Waals surface area (Å²) in [7, 11) is 0. The van der Waals surface area contributed by atoms with Crippen LogP contribution in [0.4, 0.5) is 0 Å². The molecule has 244 valence electrons. The minimum Gasteiger partial charge on any atom is -0.494 e. The van der Waals surface area contributed by atoms with Crippen LogP contribution in [0.1, 0.15) is 64.2 Å². The van der Waals surface area contributed by atoms with Gasteiger partial charge in [0.2, 0.25) is 5.89 Å².